The van der Waals surface area contributed by atoms with Gasteiger partial charge < -0.3 is 15.4 Å². The molecule has 0 aromatic heterocycles. The summed E-state index contributed by atoms with van der Waals surface area (Å²) in [5, 5.41) is 8.70. The molecule has 0 aliphatic rings. The van der Waals surface area contributed by atoms with Gasteiger partial charge in [-0.1, -0.05) is 26.3 Å². The number of rotatable bonds is 9. The first-order valence-corrected chi connectivity index (χ1v) is 10.6. The van der Waals surface area contributed by atoms with Crippen molar-refractivity contribution in [2.75, 3.05) is 11.9 Å². The molecule has 3 N–H and O–H groups in total. The summed E-state index contributed by atoms with van der Waals surface area (Å²) in [6, 6.07) is 14.0. The van der Waals surface area contributed by atoms with Crippen LogP contribution in [0.1, 0.15) is 60.7 Å². The van der Waals surface area contributed by atoms with Crippen LogP contribution in [0.15, 0.2) is 48.5 Å². The Bertz CT molecular complexity index is 868. The quantitative estimate of drug-likeness (QED) is 0.405. The van der Waals surface area contributed by atoms with Crippen molar-refractivity contribution in [3.8, 4) is 5.75 Å². The molecule has 0 fully saturated rings. The number of carbonyl (C=O) groups is 2. The fourth-order valence-corrected chi connectivity index (χ4v) is 2.72. The van der Waals surface area contributed by atoms with E-state index in [2.05, 4.69) is 22.9 Å². The second-order valence-electron chi connectivity index (χ2n) is 7.00. The highest BCUT2D eigenvalue weighted by molar-refractivity contribution is 7.80. The van der Waals surface area contributed by atoms with Gasteiger partial charge in [0, 0.05) is 22.9 Å². The zero-order valence-electron chi connectivity index (χ0n) is 17.7. The SMILES string of the molecule is CCCCOc1cccc(C(=O)NC(=S)Nc2ccc(C(=O)NC(C)CC)cc2)c1. The predicted octanol–water partition coefficient (Wildman–Crippen LogP) is 4.52. The molecular weight excluding hydrogens is 398 g/mol. The number of amides is 2. The van der Waals surface area contributed by atoms with Crippen LogP contribution >= 0.6 is 12.2 Å². The maximum Gasteiger partial charge on any atom is 0.257 e. The van der Waals surface area contributed by atoms with Crippen LogP contribution in [0.3, 0.4) is 0 Å². The van der Waals surface area contributed by atoms with Gasteiger partial charge in [0.15, 0.2) is 5.11 Å². The summed E-state index contributed by atoms with van der Waals surface area (Å²) < 4.78 is 5.64. The lowest BCUT2D eigenvalue weighted by Crippen LogP contribution is -2.34. The Morgan fingerprint density at radius 3 is 2.43 bits per heavy atom. The van der Waals surface area contributed by atoms with Crippen molar-refractivity contribution in [3.63, 3.8) is 0 Å². The first-order chi connectivity index (χ1) is 14.4. The van der Waals surface area contributed by atoms with Gasteiger partial charge in [0.1, 0.15) is 5.75 Å². The van der Waals surface area contributed by atoms with Gasteiger partial charge in [-0.3, -0.25) is 14.9 Å². The van der Waals surface area contributed by atoms with Crippen molar-refractivity contribution in [1.82, 2.24) is 10.6 Å². The normalized spacial score (nSPS) is 11.3. The van der Waals surface area contributed by atoms with Crippen LogP contribution in [0.4, 0.5) is 5.69 Å². The smallest absolute Gasteiger partial charge is 0.257 e. The number of unbranched alkanes of at least 4 members (excludes halogenated alkanes) is 1. The predicted molar refractivity (Wildman–Crippen MR) is 124 cm³/mol. The van der Waals surface area contributed by atoms with Crippen molar-refractivity contribution >= 4 is 34.8 Å². The summed E-state index contributed by atoms with van der Waals surface area (Å²) in [5.74, 6) is 0.215. The van der Waals surface area contributed by atoms with Crippen molar-refractivity contribution < 1.29 is 14.3 Å². The Hall–Kier alpha value is -2.93. The zero-order valence-corrected chi connectivity index (χ0v) is 18.5. The second-order valence-corrected chi connectivity index (χ2v) is 7.41. The van der Waals surface area contributed by atoms with Gasteiger partial charge in [-0.05, 0) is 74.4 Å². The number of ether oxygens (including phenoxy) is 1. The van der Waals surface area contributed by atoms with Gasteiger partial charge in [0.05, 0.1) is 6.61 Å². The molecular formula is C23H29N3O3S. The average molecular weight is 428 g/mol. The number of anilines is 1. The Kier molecular flexibility index (Phi) is 9.28. The Labute approximate surface area is 183 Å². The zero-order chi connectivity index (χ0) is 21.9. The van der Waals surface area contributed by atoms with Crippen LogP contribution in [0.2, 0.25) is 0 Å². The molecule has 0 saturated heterocycles. The van der Waals surface area contributed by atoms with E-state index in [9.17, 15) is 9.59 Å². The molecule has 2 aromatic carbocycles. The van der Waals surface area contributed by atoms with Gasteiger partial charge in [0.25, 0.3) is 11.8 Å². The van der Waals surface area contributed by atoms with Gasteiger partial charge in [-0.2, -0.15) is 0 Å². The minimum absolute atomic E-state index is 0.118. The Morgan fingerprint density at radius 2 is 1.77 bits per heavy atom. The van der Waals surface area contributed by atoms with Crippen LogP contribution < -0.4 is 20.7 Å². The van der Waals surface area contributed by atoms with Crippen LogP contribution in [0.25, 0.3) is 0 Å². The van der Waals surface area contributed by atoms with E-state index >= 15 is 0 Å². The molecule has 0 aliphatic carbocycles. The minimum Gasteiger partial charge on any atom is -0.494 e. The number of hydrogen-bond donors (Lipinski definition) is 3. The molecule has 30 heavy (non-hydrogen) atoms. The summed E-state index contributed by atoms with van der Waals surface area (Å²) >= 11 is 5.23. The van der Waals surface area contributed by atoms with Crippen LogP contribution in [-0.2, 0) is 0 Å². The van der Waals surface area contributed by atoms with Gasteiger partial charge in [-0.15, -0.1) is 0 Å². The van der Waals surface area contributed by atoms with Crippen LogP contribution in [-0.4, -0.2) is 29.6 Å². The molecule has 0 spiro atoms. The molecule has 0 bridgehead atoms. The third kappa shape index (κ3) is 7.48. The lowest BCUT2D eigenvalue weighted by atomic mass is 10.1. The van der Waals surface area contributed by atoms with E-state index in [0.717, 1.165) is 19.3 Å². The van der Waals surface area contributed by atoms with Gasteiger partial charge in [0.2, 0.25) is 0 Å². The summed E-state index contributed by atoms with van der Waals surface area (Å²) in [5.41, 5.74) is 1.71. The first kappa shape index (κ1) is 23.3. The van der Waals surface area contributed by atoms with E-state index in [4.69, 9.17) is 17.0 Å². The Balaban J connectivity index is 1.90. The lowest BCUT2D eigenvalue weighted by molar-refractivity contribution is 0.0937. The fourth-order valence-electron chi connectivity index (χ4n) is 2.51. The molecule has 2 amide bonds. The van der Waals surface area contributed by atoms with Crippen molar-refractivity contribution in [2.45, 2.75) is 46.1 Å². The highest BCUT2D eigenvalue weighted by atomic mass is 32.1. The molecule has 0 radical (unpaired) electrons. The minimum atomic E-state index is -0.321. The van der Waals surface area contributed by atoms with E-state index in [1.54, 1.807) is 42.5 Å². The molecule has 0 saturated carbocycles. The van der Waals surface area contributed by atoms with Gasteiger partial charge >= 0.3 is 0 Å². The monoisotopic (exact) mass is 427 g/mol. The number of nitrogens with one attached hydrogen (secondary N) is 3. The molecule has 6 nitrogen and oxygen atoms in total. The molecule has 7 heteroatoms. The second kappa shape index (κ2) is 11.9. The third-order valence-corrected chi connectivity index (χ3v) is 4.69. The third-order valence-electron chi connectivity index (χ3n) is 4.48. The number of hydrogen-bond acceptors (Lipinski definition) is 4. The van der Waals surface area contributed by atoms with Crippen molar-refractivity contribution in [1.29, 1.82) is 0 Å². The average Bonchev–Trinajstić information content (AvgIpc) is 2.74. The standard InChI is InChI=1S/C23H29N3O3S/c1-4-6-14-29-20-9-7-8-18(15-20)22(28)26-23(30)25-19-12-10-17(11-13-19)21(27)24-16(3)5-2/h7-13,15-16H,4-6,14H2,1-3H3,(H,24,27)(H2,25,26,28,30). The van der Waals surface area contributed by atoms with E-state index in [1.807, 2.05) is 19.9 Å². The van der Waals surface area contributed by atoms with Crippen molar-refractivity contribution in [3.05, 3.63) is 59.7 Å². The maximum absolute atomic E-state index is 12.5. The summed E-state index contributed by atoms with van der Waals surface area (Å²) in [6.45, 7) is 6.69. The fraction of sp³-hybridized carbons (Fsp3) is 0.348. The number of carbonyl (C=O) groups excluding carboxylic acids is 2. The van der Waals surface area contributed by atoms with E-state index in [1.165, 1.54) is 0 Å². The summed E-state index contributed by atoms with van der Waals surface area (Å²) in [7, 11) is 0. The van der Waals surface area contributed by atoms with E-state index < -0.39 is 0 Å². The molecule has 2 rings (SSSR count). The van der Waals surface area contributed by atoms with Crippen molar-refractivity contribution in [2.24, 2.45) is 0 Å². The molecule has 1 unspecified atom stereocenters. The first-order valence-electron chi connectivity index (χ1n) is 10.2. The molecule has 2 aromatic rings. The van der Waals surface area contributed by atoms with Gasteiger partial charge in [-0.25, -0.2) is 0 Å². The lowest BCUT2D eigenvalue weighted by Gasteiger charge is -2.13. The highest BCUT2D eigenvalue weighted by Crippen LogP contribution is 2.14. The van der Waals surface area contributed by atoms with Crippen LogP contribution in [0, 0.1) is 0 Å². The Morgan fingerprint density at radius 1 is 1.03 bits per heavy atom. The molecule has 0 heterocycles. The largest absolute Gasteiger partial charge is 0.494 e. The summed E-state index contributed by atoms with van der Waals surface area (Å²) in [6.07, 6.45) is 2.87. The summed E-state index contributed by atoms with van der Waals surface area (Å²) in [4.78, 5) is 24.6. The van der Waals surface area contributed by atoms with E-state index in [0.29, 0.717) is 29.2 Å². The highest BCUT2D eigenvalue weighted by Gasteiger charge is 2.11. The molecule has 160 valence electrons. The molecule has 1 atom stereocenters. The van der Waals surface area contributed by atoms with Crippen LogP contribution in [0.5, 0.6) is 5.75 Å². The number of thiocarbonyl (C=S) groups is 1. The number of benzene rings is 2. The maximum atomic E-state index is 12.5. The topological polar surface area (TPSA) is 79.5 Å². The molecule has 0 aliphatic heterocycles. The van der Waals surface area contributed by atoms with E-state index in [-0.39, 0.29) is 23.0 Å².